The first-order valence-corrected chi connectivity index (χ1v) is 3.84. The van der Waals surface area contributed by atoms with Gasteiger partial charge in [-0.15, -0.1) is 0 Å². The fraction of sp³-hybridized carbons (Fsp3) is 0.222. The molecule has 5 heteroatoms. The quantitative estimate of drug-likeness (QED) is 0.669. The monoisotopic (exact) mass is 194 g/mol. The Balaban J connectivity index is 3.21. The number of hydrogen-bond donors (Lipinski definition) is 0. The zero-order valence-corrected chi connectivity index (χ0v) is 7.98. The van der Waals surface area contributed by atoms with Crippen molar-refractivity contribution in [2.24, 2.45) is 0 Å². The molecule has 0 atom stereocenters. The van der Waals surface area contributed by atoms with Crippen molar-refractivity contribution in [3.8, 4) is 5.88 Å². The molecule has 0 amide bonds. The summed E-state index contributed by atoms with van der Waals surface area (Å²) in [6.07, 6.45) is 2.94. The Morgan fingerprint density at radius 2 is 2.29 bits per heavy atom. The second-order valence-corrected chi connectivity index (χ2v) is 2.35. The molecule has 1 heterocycles. The second-order valence-electron chi connectivity index (χ2n) is 2.35. The van der Waals surface area contributed by atoms with Gasteiger partial charge in [0.05, 0.1) is 26.1 Å². The van der Waals surface area contributed by atoms with Crippen molar-refractivity contribution in [3.05, 3.63) is 24.2 Å². The van der Waals surface area contributed by atoms with Crippen LogP contribution in [0.15, 0.2) is 12.8 Å². The summed E-state index contributed by atoms with van der Waals surface area (Å²) in [5.41, 5.74) is 0.540. The highest BCUT2D eigenvalue weighted by Crippen LogP contribution is 2.13. The molecule has 0 aliphatic carbocycles. The maximum atomic E-state index is 11.2. The molecular weight excluding hydrogens is 184 g/mol. The van der Waals surface area contributed by atoms with Crippen molar-refractivity contribution in [2.75, 3.05) is 14.2 Å². The summed E-state index contributed by atoms with van der Waals surface area (Å²) in [5.74, 6) is -0.444. The molecule has 0 radical (unpaired) electrons. The van der Waals surface area contributed by atoms with E-state index in [-0.39, 0.29) is 11.6 Å². The van der Waals surface area contributed by atoms with Gasteiger partial charge in [0.15, 0.2) is 0 Å². The van der Waals surface area contributed by atoms with Gasteiger partial charge < -0.3 is 9.47 Å². The number of rotatable bonds is 3. The minimum atomic E-state index is -0.585. The lowest BCUT2D eigenvalue weighted by molar-refractivity contribution is 0.0589. The largest absolute Gasteiger partial charge is 0.479 e. The van der Waals surface area contributed by atoms with Gasteiger partial charge in [0.25, 0.3) is 0 Å². The van der Waals surface area contributed by atoms with Crippen LogP contribution in [0.1, 0.15) is 16.2 Å². The first-order valence-electron chi connectivity index (χ1n) is 3.84. The fourth-order valence-electron chi connectivity index (χ4n) is 0.869. The summed E-state index contributed by atoms with van der Waals surface area (Å²) in [7, 11) is 2.67. The van der Waals surface area contributed by atoms with Crippen LogP contribution in [0.2, 0.25) is 0 Å². The summed E-state index contributed by atoms with van der Waals surface area (Å²) in [6, 6.07) is 0. The van der Waals surface area contributed by atoms with Gasteiger partial charge in [-0.05, 0) is 6.08 Å². The third kappa shape index (κ3) is 1.87. The van der Waals surface area contributed by atoms with E-state index in [1.54, 1.807) is 0 Å². The van der Waals surface area contributed by atoms with Crippen molar-refractivity contribution < 1.29 is 14.3 Å². The lowest BCUT2D eigenvalue weighted by atomic mass is 10.4. The molecule has 0 spiro atoms. The first kappa shape index (κ1) is 10.2. The van der Waals surface area contributed by atoms with Gasteiger partial charge in [-0.3, -0.25) is 0 Å². The van der Waals surface area contributed by atoms with Crippen LogP contribution >= 0.6 is 0 Å². The van der Waals surface area contributed by atoms with Gasteiger partial charge in [-0.1, -0.05) is 6.58 Å². The highest BCUT2D eigenvalue weighted by Gasteiger charge is 2.16. The SMILES string of the molecule is C=Cc1cnc(OC)c(C(=O)OC)n1. The molecule has 0 bridgehead atoms. The van der Waals surface area contributed by atoms with E-state index in [0.29, 0.717) is 5.69 Å². The summed E-state index contributed by atoms with van der Waals surface area (Å²) >= 11 is 0. The Bertz CT molecular complexity index is 363. The Morgan fingerprint density at radius 1 is 1.57 bits per heavy atom. The van der Waals surface area contributed by atoms with E-state index in [1.807, 2.05) is 0 Å². The molecule has 0 aliphatic rings. The molecule has 0 aromatic carbocycles. The number of nitrogens with zero attached hydrogens (tertiary/aromatic N) is 2. The summed E-state index contributed by atoms with van der Waals surface area (Å²) in [5, 5.41) is 0. The van der Waals surface area contributed by atoms with Crippen LogP contribution in [0.5, 0.6) is 5.88 Å². The summed E-state index contributed by atoms with van der Waals surface area (Å²) < 4.78 is 9.38. The number of methoxy groups -OCH3 is 2. The number of esters is 1. The lowest BCUT2D eigenvalue weighted by Gasteiger charge is -2.04. The molecule has 0 saturated heterocycles. The molecule has 1 aromatic heterocycles. The smallest absolute Gasteiger partial charge is 0.362 e. The highest BCUT2D eigenvalue weighted by molar-refractivity contribution is 5.89. The van der Waals surface area contributed by atoms with Crippen molar-refractivity contribution in [3.63, 3.8) is 0 Å². The molecule has 5 nitrogen and oxygen atoms in total. The third-order valence-corrected chi connectivity index (χ3v) is 1.54. The predicted octanol–water partition coefficient (Wildman–Crippen LogP) is 0.915. The second kappa shape index (κ2) is 4.36. The van der Waals surface area contributed by atoms with Crippen molar-refractivity contribution >= 4 is 12.0 Å². The third-order valence-electron chi connectivity index (χ3n) is 1.54. The van der Waals surface area contributed by atoms with Crippen LogP contribution in [0.3, 0.4) is 0 Å². The molecule has 0 aliphatic heterocycles. The van der Waals surface area contributed by atoms with E-state index < -0.39 is 5.97 Å². The van der Waals surface area contributed by atoms with Gasteiger partial charge in [-0.2, -0.15) is 0 Å². The van der Waals surface area contributed by atoms with Crippen molar-refractivity contribution in [2.45, 2.75) is 0 Å². The standard InChI is InChI=1S/C9H10N2O3/c1-4-6-5-10-8(13-2)7(11-6)9(12)14-3/h4-5H,1H2,2-3H3. The van der Waals surface area contributed by atoms with Gasteiger partial charge in [0.1, 0.15) is 0 Å². The van der Waals surface area contributed by atoms with E-state index in [1.165, 1.54) is 26.5 Å². The molecule has 0 unspecified atom stereocenters. The zero-order chi connectivity index (χ0) is 10.6. The Hall–Kier alpha value is -1.91. The molecule has 1 aromatic rings. The molecular formula is C9H10N2O3. The van der Waals surface area contributed by atoms with Crippen molar-refractivity contribution in [1.82, 2.24) is 9.97 Å². The minimum Gasteiger partial charge on any atom is -0.479 e. The van der Waals surface area contributed by atoms with E-state index in [9.17, 15) is 4.79 Å². The number of ether oxygens (including phenoxy) is 2. The molecule has 0 fully saturated rings. The lowest BCUT2D eigenvalue weighted by Crippen LogP contribution is -2.09. The normalized spacial score (nSPS) is 9.29. The van der Waals surface area contributed by atoms with E-state index >= 15 is 0 Å². The van der Waals surface area contributed by atoms with Gasteiger partial charge >= 0.3 is 5.97 Å². The Labute approximate surface area is 81.4 Å². The Kier molecular flexibility index (Phi) is 3.17. The highest BCUT2D eigenvalue weighted by atomic mass is 16.5. The minimum absolute atomic E-state index is 0.0485. The molecule has 74 valence electrons. The Morgan fingerprint density at radius 3 is 2.79 bits per heavy atom. The van der Waals surface area contributed by atoms with E-state index in [0.717, 1.165) is 0 Å². The first-order chi connectivity index (χ1) is 6.72. The number of aromatic nitrogens is 2. The topological polar surface area (TPSA) is 61.3 Å². The van der Waals surface area contributed by atoms with Crippen LogP contribution in [-0.2, 0) is 4.74 Å². The number of hydrogen-bond acceptors (Lipinski definition) is 5. The number of carbonyl (C=O) groups is 1. The van der Waals surface area contributed by atoms with Crippen LogP contribution < -0.4 is 4.74 Å². The van der Waals surface area contributed by atoms with Crippen LogP contribution in [0.25, 0.3) is 6.08 Å². The fourth-order valence-corrected chi connectivity index (χ4v) is 0.869. The molecule has 14 heavy (non-hydrogen) atoms. The number of carbonyl (C=O) groups excluding carboxylic acids is 1. The van der Waals surface area contributed by atoms with Crippen molar-refractivity contribution in [1.29, 1.82) is 0 Å². The van der Waals surface area contributed by atoms with E-state index in [2.05, 4.69) is 21.3 Å². The predicted molar refractivity (Wildman–Crippen MR) is 50.0 cm³/mol. The maximum Gasteiger partial charge on any atom is 0.362 e. The van der Waals surface area contributed by atoms with Gasteiger partial charge in [0, 0.05) is 0 Å². The summed E-state index contributed by atoms with van der Waals surface area (Å²) in [6.45, 7) is 3.52. The van der Waals surface area contributed by atoms with Crippen LogP contribution in [0, 0.1) is 0 Å². The molecule has 0 N–H and O–H groups in total. The molecule has 1 rings (SSSR count). The zero-order valence-electron chi connectivity index (χ0n) is 7.98. The van der Waals surface area contributed by atoms with E-state index in [4.69, 9.17) is 4.74 Å². The van der Waals surface area contributed by atoms with Crippen LogP contribution in [0.4, 0.5) is 0 Å². The average Bonchev–Trinajstić information content (AvgIpc) is 2.27. The average molecular weight is 194 g/mol. The molecule has 0 saturated carbocycles. The summed E-state index contributed by atoms with van der Waals surface area (Å²) in [4.78, 5) is 19.1. The van der Waals surface area contributed by atoms with Gasteiger partial charge in [0.2, 0.25) is 11.6 Å². The van der Waals surface area contributed by atoms with Gasteiger partial charge in [-0.25, -0.2) is 14.8 Å². The van der Waals surface area contributed by atoms with Crippen LogP contribution in [-0.4, -0.2) is 30.2 Å². The maximum absolute atomic E-state index is 11.2.